The van der Waals surface area contributed by atoms with Gasteiger partial charge in [0.2, 0.25) is 0 Å². The summed E-state index contributed by atoms with van der Waals surface area (Å²) in [5.41, 5.74) is 0.206. The third kappa shape index (κ3) is 2.85. The Hall–Kier alpha value is -1.82. The van der Waals surface area contributed by atoms with E-state index in [-0.39, 0.29) is 5.91 Å². The number of alkyl halides is 3. The van der Waals surface area contributed by atoms with Crippen molar-refractivity contribution in [2.24, 2.45) is 0 Å². The molecule has 1 fully saturated rings. The Morgan fingerprint density at radius 3 is 2.25 bits per heavy atom. The van der Waals surface area contributed by atoms with Gasteiger partial charge in [0.1, 0.15) is 12.2 Å². The topological polar surface area (TPSA) is 32.8 Å². The van der Waals surface area contributed by atoms with Crippen molar-refractivity contribution in [2.75, 3.05) is 14.1 Å². The summed E-state index contributed by atoms with van der Waals surface area (Å²) in [5.74, 6) is -0.246. The van der Waals surface area contributed by atoms with Crippen LogP contribution in [0.2, 0.25) is 0 Å². The van der Waals surface area contributed by atoms with Crippen LogP contribution in [0, 0.1) is 0 Å². The van der Waals surface area contributed by atoms with Gasteiger partial charge in [-0.25, -0.2) is 0 Å². The summed E-state index contributed by atoms with van der Waals surface area (Å²) < 4.78 is 42.7. The number of amides is 1. The highest BCUT2D eigenvalue weighted by Gasteiger charge is 2.45. The first-order valence-corrected chi connectivity index (χ1v) is 5.95. The van der Waals surface area contributed by atoms with Gasteiger partial charge in [-0.3, -0.25) is 4.79 Å². The number of nitrogens with zero attached hydrogens (tertiary/aromatic N) is 1. The first-order chi connectivity index (χ1) is 9.21. The van der Waals surface area contributed by atoms with E-state index in [1.165, 1.54) is 17.0 Å². The molecule has 0 aliphatic carbocycles. The quantitative estimate of drug-likeness (QED) is 0.632. The number of epoxide rings is 1. The standard InChI is InChI=1S/C14H14F3NO2/c1-8(13(19)18(2)3)11-12(20-11)9-4-6-10(7-5-9)14(15,16)17/h4-7,11-12H,1H2,2-3H3/t11-,12-/m0/s1. The summed E-state index contributed by atoms with van der Waals surface area (Å²) in [6.45, 7) is 3.67. The minimum atomic E-state index is -4.35. The molecule has 1 aromatic carbocycles. The number of benzene rings is 1. The van der Waals surface area contributed by atoms with E-state index in [4.69, 9.17) is 4.74 Å². The lowest BCUT2D eigenvalue weighted by Gasteiger charge is -2.10. The van der Waals surface area contributed by atoms with Gasteiger partial charge in [0.05, 0.1) is 5.56 Å². The van der Waals surface area contributed by atoms with Crippen LogP contribution >= 0.6 is 0 Å². The van der Waals surface area contributed by atoms with Crippen molar-refractivity contribution in [1.29, 1.82) is 0 Å². The number of carbonyl (C=O) groups excluding carboxylic acids is 1. The van der Waals surface area contributed by atoms with E-state index in [0.717, 1.165) is 12.1 Å². The highest BCUT2D eigenvalue weighted by Crippen LogP contribution is 2.43. The predicted octanol–water partition coefficient (Wildman–Crippen LogP) is 2.79. The zero-order valence-corrected chi connectivity index (χ0v) is 11.1. The fraction of sp³-hybridized carbons (Fsp3) is 0.357. The fourth-order valence-corrected chi connectivity index (χ4v) is 1.90. The molecule has 3 nitrogen and oxygen atoms in total. The molecule has 0 unspecified atom stereocenters. The van der Waals surface area contributed by atoms with Crippen molar-refractivity contribution in [1.82, 2.24) is 4.90 Å². The summed E-state index contributed by atoms with van der Waals surface area (Å²) in [6.07, 6.45) is -5.21. The maximum absolute atomic E-state index is 12.4. The Balaban J connectivity index is 2.06. The molecule has 0 radical (unpaired) electrons. The molecule has 1 heterocycles. The molecule has 2 rings (SSSR count). The van der Waals surface area contributed by atoms with E-state index in [1.54, 1.807) is 14.1 Å². The van der Waals surface area contributed by atoms with Gasteiger partial charge >= 0.3 is 6.18 Å². The zero-order chi connectivity index (χ0) is 15.1. The third-order valence-electron chi connectivity index (χ3n) is 3.08. The van der Waals surface area contributed by atoms with Gasteiger partial charge in [-0.05, 0) is 17.7 Å². The van der Waals surface area contributed by atoms with E-state index < -0.39 is 23.9 Å². The van der Waals surface area contributed by atoms with Crippen LogP contribution in [0.25, 0.3) is 0 Å². The number of rotatable bonds is 3. The highest BCUT2D eigenvalue weighted by molar-refractivity contribution is 5.94. The monoisotopic (exact) mass is 285 g/mol. The van der Waals surface area contributed by atoms with E-state index in [1.807, 2.05) is 0 Å². The first-order valence-electron chi connectivity index (χ1n) is 5.95. The summed E-state index contributed by atoms with van der Waals surface area (Å²) in [4.78, 5) is 13.1. The van der Waals surface area contributed by atoms with Crippen LogP contribution in [0.3, 0.4) is 0 Å². The molecule has 1 aliphatic heterocycles. The maximum atomic E-state index is 12.4. The van der Waals surface area contributed by atoms with Crippen LogP contribution in [0.1, 0.15) is 17.2 Å². The number of carbonyl (C=O) groups is 1. The molecule has 1 aliphatic rings. The van der Waals surface area contributed by atoms with Crippen molar-refractivity contribution in [3.05, 3.63) is 47.5 Å². The average molecular weight is 285 g/mol. The molecule has 0 spiro atoms. The normalized spacial score (nSPS) is 21.4. The fourth-order valence-electron chi connectivity index (χ4n) is 1.90. The molecular formula is C14H14F3NO2. The number of hydrogen-bond donors (Lipinski definition) is 0. The predicted molar refractivity (Wildman–Crippen MR) is 66.9 cm³/mol. The molecule has 0 bridgehead atoms. The Morgan fingerprint density at radius 1 is 1.25 bits per heavy atom. The second-order valence-corrected chi connectivity index (χ2v) is 4.82. The van der Waals surface area contributed by atoms with Crippen molar-refractivity contribution < 1.29 is 22.7 Å². The average Bonchev–Trinajstić information content (AvgIpc) is 3.16. The molecule has 6 heteroatoms. The molecule has 2 atom stereocenters. The Labute approximate surface area is 114 Å². The molecule has 1 aromatic rings. The number of halogens is 3. The van der Waals surface area contributed by atoms with Gasteiger partial charge in [-0.1, -0.05) is 18.7 Å². The number of hydrogen-bond acceptors (Lipinski definition) is 2. The van der Waals surface area contributed by atoms with Gasteiger partial charge in [-0.2, -0.15) is 13.2 Å². The molecule has 1 saturated heterocycles. The Bertz CT molecular complexity index is 534. The van der Waals surface area contributed by atoms with Gasteiger partial charge in [0.25, 0.3) is 5.91 Å². The largest absolute Gasteiger partial charge is 0.416 e. The molecule has 0 saturated carbocycles. The summed E-state index contributed by atoms with van der Waals surface area (Å²) >= 11 is 0. The van der Waals surface area contributed by atoms with E-state index in [9.17, 15) is 18.0 Å². The minimum absolute atomic E-state index is 0.246. The highest BCUT2D eigenvalue weighted by atomic mass is 19.4. The summed E-state index contributed by atoms with van der Waals surface area (Å²) in [7, 11) is 3.20. The van der Waals surface area contributed by atoms with Gasteiger partial charge in [0.15, 0.2) is 0 Å². The number of ether oxygens (including phenoxy) is 1. The van der Waals surface area contributed by atoms with Crippen molar-refractivity contribution in [3.63, 3.8) is 0 Å². The van der Waals surface area contributed by atoms with Gasteiger partial charge < -0.3 is 9.64 Å². The second-order valence-electron chi connectivity index (χ2n) is 4.82. The lowest BCUT2D eigenvalue weighted by molar-refractivity contribution is -0.137. The third-order valence-corrected chi connectivity index (χ3v) is 3.08. The van der Waals surface area contributed by atoms with Crippen LogP contribution in [0.5, 0.6) is 0 Å². The smallest absolute Gasteiger partial charge is 0.359 e. The Kier molecular flexibility index (Phi) is 3.60. The summed E-state index contributed by atoms with van der Waals surface area (Å²) in [6, 6.07) is 4.73. The van der Waals surface area contributed by atoms with Crippen LogP contribution in [0.4, 0.5) is 13.2 Å². The van der Waals surface area contributed by atoms with Gasteiger partial charge in [-0.15, -0.1) is 0 Å². The van der Waals surface area contributed by atoms with Crippen molar-refractivity contribution in [3.8, 4) is 0 Å². The molecular weight excluding hydrogens is 271 g/mol. The second kappa shape index (κ2) is 4.94. The van der Waals surface area contributed by atoms with Crippen molar-refractivity contribution in [2.45, 2.75) is 18.4 Å². The summed E-state index contributed by atoms with van der Waals surface area (Å²) in [5, 5.41) is 0. The zero-order valence-electron chi connectivity index (χ0n) is 11.1. The molecule has 0 aromatic heterocycles. The number of likely N-dealkylation sites (N-methyl/N-ethyl adjacent to an activating group) is 1. The maximum Gasteiger partial charge on any atom is 0.416 e. The molecule has 108 valence electrons. The van der Waals surface area contributed by atoms with E-state index >= 15 is 0 Å². The van der Waals surface area contributed by atoms with Gasteiger partial charge in [0, 0.05) is 19.7 Å². The van der Waals surface area contributed by atoms with E-state index in [0.29, 0.717) is 11.1 Å². The van der Waals surface area contributed by atoms with Crippen LogP contribution in [-0.2, 0) is 15.7 Å². The lowest BCUT2D eigenvalue weighted by atomic mass is 10.0. The SMILES string of the molecule is C=C(C(=O)N(C)C)[C@@H]1O[C@H]1c1ccc(C(F)(F)F)cc1. The molecule has 0 N–H and O–H groups in total. The van der Waals surface area contributed by atoms with E-state index in [2.05, 4.69) is 6.58 Å². The van der Waals surface area contributed by atoms with Crippen LogP contribution in [-0.4, -0.2) is 31.0 Å². The van der Waals surface area contributed by atoms with Crippen LogP contribution < -0.4 is 0 Å². The van der Waals surface area contributed by atoms with Crippen molar-refractivity contribution >= 4 is 5.91 Å². The molecule has 20 heavy (non-hydrogen) atoms. The van der Waals surface area contributed by atoms with Crippen LogP contribution in [0.15, 0.2) is 36.4 Å². The lowest BCUT2D eigenvalue weighted by Crippen LogP contribution is -2.25. The first kappa shape index (κ1) is 14.6. The minimum Gasteiger partial charge on any atom is -0.359 e. The Morgan fingerprint density at radius 2 is 1.80 bits per heavy atom. The molecule has 1 amide bonds.